The Morgan fingerprint density at radius 2 is 2.15 bits per heavy atom. The van der Waals surface area contributed by atoms with Crippen LogP contribution in [0, 0.1) is 11.8 Å². The monoisotopic (exact) mass is 290 g/mol. The lowest BCUT2D eigenvalue weighted by Gasteiger charge is -2.28. The van der Waals surface area contributed by atoms with Crippen LogP contribution in [0.3, 0.4) is 0 Å². The molecule has 1 aromatic carbocycles. The summed E-state index contributed by atoms with van der Waals surface area (Å²) in [7, 11) is 0. The lowest BCUT2D eigenvalue weighted by molar-refractivity contribution is 0.248. The standard InChI is InChI=1S/C17H23ClN2/c1-12-4-2-3-5-13(12)9-19-10-14-11-20-17-8-15(18)6-7-16(14)17/h6-8,11-13,19-20H,2-5,9-10H2,1H3. The summed E-state index contributed by atoms with van der Waals surface area (Å²) in [5.41, 5.74) is 2.46. The zero-order valence-corrected chi connectivity index (χ0v) is 12.8. The summed E-state index contributed by atoms with van der Waals surface area (Å²) >= 11 is 6.01. The smallest absolute Gasteiger partial charge is 0.0472 e. The van der Waals surface area contributed by atoms with Crippen molar-refractivity contribution in [1.82, 2.24) is 10.3 Å². The topological polar surface area (TPSA) is 27.8 Å². The van der Waals surface area contributed by atoms with Gasteiger partial charge in [-0.05, 0) is 42.5 Å². The third-order valence-corrected chi connectivity index (χ3v) is 4.98. The first-order valence-electron chi connectivity index (χ1n) is 7.70. The van der Waals surface area contributed by atoms with Gasteiger partial charge < -0.3 is 10.3 Å². The quantitative estimate of drug-likeness (QED) is 0.836. The van der Waals surface area contributed by atoms with Gasteiger partial charge in [0, 0.05) is 28.7 Å². The Labute approximate surface area is 125 Å². The molecule has 2 unspecified atom stereocenters. The molecule has 2 atom stereocenters. The van der Waals surface area contributed by atoms with Crippen molar-refractivity contribution in [3.05, 3.63) is 35.0 Å². The Hall–Kier alpha value is -0.990. The average Bonchev–Trinajstić information content (AvgIpc) is 2.83. The number of nitrogens with one attached hydrogen (secondary N) is 2. The van der Waals surface area contributed by atoms with Crippen molar-refractivity contribution >= 4 is 22.5 Å². The van der Waals surface area contributed by atoms with Crippen LogP contribution in [-0.2, 0) is 6.54 Å². The molecule has 0 radical (unpaired) electrons. The summed E-state index contributed by atoms with van der Waals surface area (Å²) in [4.78, 5) is 3.30. The van der Waals surface area contributed by atoms with Crippen LogP contribution in [0.15, 0.2) is 24.4 Å². The second-order valence-electron chi connectivity index (χ2n) is 6.16. The second-order valence-corrected chi connectivity index (χ2v) is 6.59. The first-order valence-corrected chi connectivity index (χ1v) is 8.08. The molecule has 20 heavy (non-hydrogen) atoms. The zero-order chi connectivity index (χ0) is 13.9. The molecule has 1 aliphatic carbocycles. The van der Waals surface area contributed by atoms with Crippen LogP contribution in [0.25, 0.3) is 10.9 Å². The van der Waals surface area contributed by atoms with Crippen molar-refractivity contribution in [2.24, 2.45) is 11.8 Å². The van der Waals surface area contributed by atoms with E-state index in [-0.39, 0.29) is 0 Å². The van der Waals surface area contributed by atoms with Crippen LogP contribution < -0.4 is 5.32 Å². The predicted octanol–water partition coefficient (Wildman–Crippen LogP) is 4.74. The molecule has 108 valence electrons. The lowest BCUT2D eigenvalue weighted by Crippen LogP contribution is -2.29. The Kier molecular flexibility index (Phi) is 4.32. The molecule has 2 nitrogen and oxygen atoms in total. The van der Waals surface area contributed by atoms with Gasteiger partial charge in [-0.15, -0.1) is 0 Å². The maximum atomic E-state index is 6.01. The van der Waals surface area contributed by atoms with E-state index in [1.165, 1.54) is 36.6 Å². The van der Waals surface area contributed by atoms with E-state index < -0.39 is 0 Å². The van der Waals surface area contributed by atoms with Gasteiger partial charge in [-0.25, -0.2) is 0 Å². The van der Waals surface area contributed by atoms with Gasteiger partial charge in [0.05, 0.1) is 0 Å². The molecular weight excluding hydrogens is 268 g/mol. The number of H-pyrrole nitrogens is 1. The molecular formula is C17H23ClN2. The molecule has 1 aromatic heterocycles. The van der Waals surface area contributed by atoms with Gasteiger partial charge >= 0.3 is 0 Å². The Balaban J connectivity index is 1.59. The van der Waals surface area contributed by atoms with Gasteiger partial charge in [0.25, 0.3) is 0 Å². The number of benzene rings is 1. The molecule has 1 fully saturated rings. The molecule has 0 spiro atoms. The molecule has 0 amide bonds. The average molecular weight is 291 g/mol. The van der Waals surface area contributed by atoms with Crippen molar-refractivity contribution < 1.29 is 0 Å². The van der Waals surface area contributed by atoms with E-state index in [0.717, 1.165) is 35.5 Å². The summed E-state index contributed by atoms with van der Waals surface area (Å²) in [6.45, 7) is 4.48. The van der Waals surface area contributed by atoms with Gasteiger partial charge in [0.2, 0.25) is 0 Å². The molecule has 1 heterocycles. The molecule has 2 aromatic rings. The molecule has 0 bridgehead atoms. The van der Waals surface area contributed by atoms with E-state index >= 15 is 0 Å². The fraction of sp³-hybridized carbons (Fsp3) is 0.529. The van der Waals surface area contributed by atoms with E-state index in [1.807, 2.05) is 12.1 Å². The molecule has 1 aliphatic rings. The van der Waals surface area contributed by atoms with Crippen molar-refractivity contribution in [3.8, 4) is 0 Å². The van der Waals surface area contributed by atoms with Crippen molar-refractivity contribution in [2.75, 3.05) is 6.54 Å². The van der Waals surface area contributed by atoms with E-state index in [4.69, 9.17) is 11.6 Å². The van der Waals surface area contributed by atoms with E-state index in [9.17, 15) is 0 Å². The third kappa shape index (κ3) is 3.02. The summed E-state index contributed by atoms with van der Waals surface area (Å²) in [6, 6.07) is 6.06. The zero-order valence-electron chi connectivity index (χ0n) is 12.1. The highest BCUT2D eigenvalue weighted by atomic mass is 35.5. The number of hydrogen-bond acceptors (Lipinski definition) is 1. The fourth-order valence-electron chi connectivity index (χ4n) is 3.39. The van der Waals surface area contributed by atoms with Crippen LogP contribution >= 0.6 is 11.6 Å². The van der Waals surface area contributed by atoms with Gasteiger partial charge in [0.1, 0.15) is 0 Å². The maximum absolute atomic E-state index is 6.01. The van der Waals surface area contributed by atoms with Gasteiger partial charge in [-0.1, -0.05) is 43.9 Å². The molecule has 0 saturated heterocycles. The van der Waals surface area contributed by atoms with E-state index in [0.29, 0.717) is 0 Å². The van der Waals surface area contributed by atoms with Crippen LogP contribution in [0.1, 0.15) is 38.2 Å². The summed E-state index contributed by atoms with van der Waals surface area (Å²) in [5.74, 6) is 1.72. The van der Waals surface area contributed by atoms with Crippen LogP contribution in [0.4, 0.5) is 0 Å². The molecule has 1 saturated carbocycles. The summed E-state index contributed by atoms with van der Waals surface area (Å²) in [5, 5.41) is 5.71. The Morgan fingerprint density at radius 3 is 3.00 bits per heavy atom. The highest BCUT2D eigenvalue weighted by molar-refractivity contribution is 6.31. The van der Waals surface area contributed by atoms with Crippen LogP contribution in [-0.4, -0.2) is 11.5 Å². The maximum Gasteiger partial charge on any atom is 0.0472 e. The first kappa shape index (κ1) is 14.0. The van der Waals surface area contributed by atoms with Crippen LogP contribution in [0.5, 0.6) is 0 Å². The van der Waals surface area contributed by atoms with E-state index in [2.05, 4.69) is 29.5 Å². The highest BCUT2D eigenvalue weighted by Gasteiger charge is 2.20. The Bertz CT molecular complexity index is 575. The van der Waals surface area contributed by atoms with Crippen molar-refractivity contribution in [2.45, 2.75) is 39.2 Å². The summed E-state index contributed by atoms with van der Waals surface area (Å²) in [6.07, 6.45) is 7.71. The van der Waals surface area contributed by atoms with Crippen molar-refractivity contribution in [1.29, 1.82) is 0 Å². The minimum absolute atomic E-state index is 0.787. The number of halogens is 1. The lowest BCUT2D eigenvalue weighted by atomic mass is 9.80. The molecule has 3 rings (SSSR count). The minimum atomic E-state index is 0.787. The van der Waals surface area contributed by atoms with Gasteiger partial charge in [0.15, 0.2) is 0 Å². The van der Waals surface area contributed by atoms with Crippen molar-refractivity contribution in [3.63, 3.8) is 0 Å². The molecule has 2 N–H and O–H groups in total. The predicted molar refractivity (Wildman–Crippen MR) is 86.1 cm³/mol. The first-order chi connectivity index (χ1) is 9.74. The Morgan fingerprint density at radius 1 is 1.30 bits per heavy atom. The number of aromatic nitrogens is 1. The van der Waals surface area contributed by atoms with Gasteiger partial charge in [-0.2, -0.15) is 0 Å². The minimum Gasteiger partial charge on any atom is -0.361 e. The summed E-state index contributed by atoms with van der Waals surface area (Å²) < 4.78 is 0. The number of aromatic amines is 1. The molecule has 3 heteroatoms. The fourth-order valence-corrected chi connectivity index (χ4v) is 3.57. The highest BCUT2D eigenvalue weighted by Crippen LogP contribution is 2.29. The SMILES string of the molecule is CC1CCCCC1CNCc1c[nH]c2cc(Cl)ccc12. The number of fused-ring (bicyclic) bond motifs is 1. The second kappa shape index (κ2) is 6.19. The van der Waals surface area contributed by atoms with Gasteiger partial charge in [-0.3, -0.25) is 0 Å². The van der Waals surface area contributed by atoms with E-state index in [1.54, 1.807) is 0 Å². The molecule has 0 aliphatic heterocycles. The normalized spacial score (nSPS) is 23.3. The largest absolute Gasteiger partial charge is 0.361 e. The van der Waals surface area contributed by atoms with Crippen LogP contribution in [0.2, 0.25) is 5.02 Å². The third-order valence-electron chi connectivity index (χ3n) is 4.74. The number of rotatable bonds is 4. The number of hydrogen-bond donors (Lipinski definition) is 2.